The highest BCUT2D eigenvalue weighted by atomic mass is 32.2. The third-order valence-electron chi connectivity index (χ3n) is 5.94. The van der Waals surface area contributed by atoms with Gasteiger partial charge in [-0.2, -0.15) is 0 Å². The van der Waals surface area contributed by atoms with Crippen LogP contribution in [0.4, 0.5) is 0 Å². The van der Waals surface area contributed by atoms with Crippen molar-refractivity contribution in [3.05, 3.63) is 57.0 Å². The molecule has 182 valence electrons. The standard InChI is InChI=1S/C27H41N3O2S/c1-8-10-12-23(24(31)28-17-11-9-2)33-26-29-19(3)22(25(32)30(26)7)18-20-13-15-21(16-14-20)27(4,5)6/h13-16,23H,8-12,17-18H2,1-7H3,(H,28,31). The highest BCUT2D eigenvalue weighted by Gasteiger charge is 2.23. The number of unbranched alkanes of at least 4 members (excludes halogenated alkanes) is 2. The number of nitrogens with one attached hydrogen (secondary N) is 1. The molecule has 0 saturated carbocycles. The lowest BCUT2D eigenvalue weighted by Crippen LogP contribution is -2.34. The van der Waals surface area contributed by atoms with E-state index >= 15 is 0 Å². The molecule has 0 aliphatic rings. The van der Waals surface area contributed by atoms with Gasteiger partial charge in [-0.15, -0.1) is 0 Å². The Morgan fingerprint density at radius 3 is 2.33 bits per heavy atom. The van der Waals surface area contributed by atoms with Crippen LogP contribution in [-0.4, -0.2) is 27.3 Å². The Kier molecular flexibility index (Phi) is 10.2. The molecular formula is C27H41N3O2S. The fourth-order valence-electron chi connectivity index (χ4n) is 3.63. The normalized spacial score (nSPS) is 12.6. The third-order valence-corrected chi connectivity index (χ3v) is 7.25. The molecule has 0 aliphatic heterocycles. The lowest BCUT2D eigenvalue weighted by molar-refractivity contribution is -0.120. The number of carbonyl (C=O) groups is 1. The summed E-state index contributed by atoms with van der Waals surface area (Å²) in [4.78, 5) is 30.8. The average molecular weight is 472 g/mol. The number of amides is 1. The van der Waals surface area contributed by atoms with Crippen LogP contribution in [0.25, 0.3) is 0 Å². The quantitative estimate of drug-likeness (QED) is 0.265. The van der Waals surface area contributed by atoms with Crippen molar-refractivity contribution in [2.45, 2.75) is 95.9 Å². The molecule has 0 saturated heterocycles. The van der Waals surface area contributed by atoms with Crippen molar-refractivity contribution in [3.63, 3.8) is 0 Å². The van der Waals surface area contributed by atoms with Crippen molar-refractivity contribution in [2.24, 2.45) is 7.05 Å². The molecule has 0 aliphatic carbocycles. The van der Waals surface area contributed by atoms with Crippen molar-refractivity contribution in [2.75, 3.05) is 6.54 Å². The minimum atomic E-state index is -0.241. The molecule has 0 radical (unpaired) electrons. The van der Waals surface area contributed by atoms with Gasteiger partial charge in [0.25, 0.3) is 5.56 Å². The molecule has 1 aromatic carbocycles. The molecule has 5 nitrogen and oxygen atoms in total. The van der Waals surface area contributed by atoms with Crippen LogP contribution in [0, 0.1) is 6.92 Å². The van der Waals surface area contributed by atoms with Gasteiger partial charge in [-0.1, -0.05) is 89.9 Å². The monoisotopic (exact) mass is 471 g/mol. The Bertz CT molecular complexity index is 975. The van der Waals surface area contributed by atoms with Crippen LogP contribution in [0.5, 0.6) is 0 Å². The number of aryl methyl sites for hydroxylation is 1. The lowest BCUT2D eigenvalue weighted by atomic mass is 9.86. The largest absolute Gasteiger partial charge is 0.355 e. The molecule has 2 rings (SSSR count). The van der Waals surface area contributed by atoms with Gasteiger partial charge >= 0.3 is 0 Å². The number of carbonyl (C=O) groups excluding carboxylic acids is 1. The number of hydrogen-bond donors (Lipinski definition) is 1. The molecule has 33 heavy (non-hydrogen) atoms. The zero-order chi connectivity index (χ0) is 24.6. The molecule has 0 bridgehead atoms. The van der Waals surface area contributed by atoms with Crippen molar-refractivity contribution in [1.82, 2.24) is 14.9 Å². The second-order valence-corrected chi connectivity index (χ2v) is 11.0. The van der Waals surface area contributed by atoms with E-state index in [0.717, 1.165) is 43.4 Å². The van der Waals surface area contributed by atoms with Crippen LogP contribution in [0.1, 0.15) is 89.1 Å². The molecule has 6 heteroatoms. The minimum absolute atomic E-state index is 0.0365. The van der Waals surface area contributed by atoms with E-state index in [0.29, 0.717) is 23.7 Å². The van der Waals surface area contributed by atoms with Crippen molar-refractivity contribution in [1.29, 1.82) is 0 Å². The van der Waals surface area contributed by atoms with E-state index in [4.69, 9.17) is 4.98 Å². The Morgan fingerprint density at radius 1 is 1.12 bits per heavy atom. The first-order valence-electron chi connectivity index (χ1n) is 12.2. The van der Waals surface area contributed by atoms with Crippen LogP contribution in [-0.2, 0) is 23.7 Å². The average Bonchev–Trinajstić information content (AvgIpc) is 2.77. The molecule has 1 atom stereocenters. The Labute approximate surface area is 203 Å². The predicted octanol–water partition coefficient (Wildman–Crippen LogP) is 5.54. The molecular weight excluding hydrogens is 430 g/mol. The topological polar surface area (TPSA) is 64.0 Å². The molecule has 1 N–H and O–H groups in total. The van der Waals surface area contributed by atoms with Crippen molar-refractivity contribution >= 4 is 17.7 Å². The summed E-state index contributed by atoms with van der Waals surface area (Å²) in [7, 11) is 1.76. The molecule has 2 aromatic rings. The summed E-state index contributed by atoms with van der Waals surface area (Å²) in [5.41, 5.74) is 3.88. The molecule has 0 spiro atoms. The van der Waals surface area contributed by atoms with Crippen LogP contribution in [0.15, 0.2) is 34.2 Å². The van der Waals surface area contributed by atoms with Gasteiger partial charge in [0.1, 0.15) is 0 Å². The van der Waals surface area contributed by atoms with Gasteiger partial charge in [0.2, 0.25) is 5.91 Å². The van der Waals surface area contributed by atoms with E-state index in [9.17, 15) is 9.59 Å². The van der Waals surface area contributed by atoms with Gasteiger partial charge in [-0.25, -0.2) is 4.98 Å². The smallest absolute Gasteiger partial charge is 0.257 e. The van der Waals surface area contributed by atoms with E-state index in [1.165, 1.54) is 17.3 Å². The highest BCUT2D eigenvalue weighted by Crippen LogP contribution is 2.26. The van der Waals surface area contributed by atoms with E-state index in [1.54, 1.807) is 11.6 Å². The number of hydrogen-bond acceptors (Lipinski definition) is 4. The summed E-state index contributed by atoms with van der Waals surface area (Å²) < 4.78 is 1.61. The molecule has 0 fully saturated rings. The number of aromatic nitrogens is 2. The predicted molar refractivity (Wildman–Crippen MR) is 139 cm³/mol. The summed E-state index contributed by atoms with van der Waals surface area (Å²) in [5.74, 6) is 0.0387. The first-order valence-corrected chi connectivity index (χ1v) is 13.1. The van der Waals surface area contributed by atoms with Crippen molar-refractivity contribution < 1.29 is 4.79 Å². The number of thioether (sulfide) groups is 1. The van der Waals surface area contributed by atoms with Gasteiger partial charge in [0.05, 0.1) is 5.25 Å². The molecule has 1 unspecified atom stereocenters. The van der Waals surface area contributed by atoms with Gasteiger partial charge in [0.15, 0.2) is 5.16 Å². The molecule has 1 aromatic heterocycles. The van der Waals surface area contributed by atoms with Gasteiger partial charge < -0.3 is 5.32 Å². The van der Waals surface area contributed by atoms with E-state index < -0.39 is 0 Å². The number of nitrogens with zero attached hydrogens (tertiary/aromatic N) is 2. The fourth-order valence-corrected chi connectivity index (χ4v) is 4.79. The van der Waals surface area contributed by atoms with E-state index in [-0.39, 0.29) is 22.1 Å². The number of rotatable bonds is 11. The van der Waals surface area contributed by atoms with Gasteiger partial charge in [-0.3, -0.25) is 14.2 Å². The van der Waals surface area contributed by atoms with Crippen molar-refractivity contribution in [3.8, 4) is 0 Å². The van der Waals surface area contributed by atoms with Crippen LogP contribution < -0.4 is 10.9 Å². The zero-order valence-corrected chi connectivity index (χ0v) is 22.3. The van der Waals surface area contributed by atoms with Crippen LogP contribution >= 0.6 is 11.8 Å². The third kappa shape index (κ3) is 7.73. The highest BCUT2D eigenvalue weighted by molar-refractivity contribution is 8.00. The summed E-state index contributed by atoms with van der Waals surface area (Å²) in [6.45, 7) is 13.4. The maximum atomic E-state index is 13.2. The Hall–Kier alpha value is -2.08. The van der Waals surface area contributed by atoms with Crippen LogP contribution in [0.2, 0.25) is 0 Å². The van der Waals surface area contributed by atoms with E-state index in [1.807, 2.05) is 6.92 Å². The minimum Gasteiger partial charge on any atom is -0.355 e. The Balaban J connectivity index is 2.24. The van der Waals surface area contributed by atoms with Gasteiger partial charge in [0, 0.05) is 31.3 Å². The zero-order valence-electron chi connectivity index (χ0n) is 21.5. The lowest BCUT2D eigenvalue weighted by Gasteiger charge is -2.20. The Morgan fingerprint density at radius 2 is 1.76 bits per heavy atom. The SMILES string of the molecule is CCCCNC(=O)C(CCCC)Sc1nc(C)c(Cc2ccc(C(C)(C)C)cc2)c(=O)n1C. The number of benzene rings is 1. The summed E-state index contributed by atoms with van der Waals surface area (Å²) in [5, 5.41) is 3.41. The molecule has 1 heterocycles. The maximum absolute atomic E-state index is 13.2. The summed E-state index contributed by atoms with van der Waals surface area (Å²) in [6, 6.07) is 8.48. The summed E-state index contributed by atoms with van der Waals surface area (Å²) >= 11 is 1.41. The van der Waals surface area contributed by atoms with Gasteiger partial charge in [-0.05, 0) is 36.3 Å². The first-order chi connectivity index (χ1) is 15.6. The first kappa shape index (κ1) is 27.2. The maximum Gasteiger partial charge on any atom is 0.257 e. The van der Waals surface area contributed by atoms with E-state index in [2.05, 4.69) is 64.2 Å². The fraction of sp³-hybridized carbons (Fsp3) is 0.593. The second-order valence-electron chi connectivity index (χ2n) is 9.84. The molecule has 1 amide bonds. The summed E-state index contributed by atoms with van der Waals surface area (Å²) in [6.07, 6.45) is 5.33. The second kappa shape index (κ2) is 12.4. The van der Waals surface area contributed by atoms with Crippen LogP contribution in [0.3, 0.4) is 0 Å².